The van der Waals surface area contributed by atoms with Crippen LogP contribution in [-0.2, 0) is 14.3 Å². The molecule has 0 spiro atoms. The number of fused-ring (bicyclic) bond motifs is 1. The average Bonchev–Trinajstić information content (AvgIpc) is 2.74. The first-order valence-corrected chi connectivity index (χ1v) is 7.74. The standard InChI is InChI=1S/C16H25NO4/c1-14(2)11(15(14,3)4)12(18)17-7-10-8-21-6-5-16(10,9-17)13(19)20/h10-11H,5-9H2,1-4H3,(H,19,20)/t10-,16+/m0/s1. The van der Waals surface area contributed by atoms with Crippen molar-refractivity contribution >= 4 is 11.9 Å². The third-order valence-corrected chi connectivity index (χ3v) is 6.71. The summed E-state index contributed by atoms with van der Waals surface area (Å²) >= 11 is 0. The Labute approximate surface area is 125 Å². The number of likely N-dealkylation sites (tertiary alicyclic amines) is 1. The zero-order valence-corrected chi connectivity index (χ0v) is 13.3. The normalized spacial score (nSPS) is 37.1. The maximum atomic E-state index is 12.8. The molecule has 1 aliphatic carbocycles. The fourth-order valence-electron chi connectivity index (χ4n) is 4.46. The number of aliphatic carboxylic acids is 1. The molecule has 1 N–H and O–H groups in total. The van der Waals surface area contributed by atoms with Crippen LogP contribution in [0.3, 0.4) is 0 Å². The van der Waals surface area contributed by atoms with E-state index in [-0.39, 0.29) is 28.6 Å². The third kappa shape index (κ3) is 1.79. The molecule has 0 aromatic carbocycles. The zero-order valence-electron chi connectivity index (χ0n) is 13.3. The van der Waals surface area contributed by atoms with E-state index in [1.807, 2.05) is 0 Å². The van der Waals surface area contributed by atoms with Gasteiger partial charge in [0.15, 0.2) is 0 Å². The van der Waals surface area contributed by atoms with E-state index in [9.17, 15) is 14.7 Å². The Morgan fingerprint density at radius 2 is 1.81 bits per heavy atom. The summed E-state index contributed by atoms with van der Waals surface area (Å²) < 4.78 is 5.44. The van der Waals surface area contributed by atoms with Crippen molar-refractivity contribution in [3.8, 4) is 0 Å². The fourth-order valence-corrected chi connectivity index (χ4v) is 4.46. The van der Waals surface area contributed by atoms with Gasteiger partial charge in [-0.05, 0) is 17.3 Å². The third-order valence-electron chi connectivity index (χ3n) is 6.71. The predicted octanol–water partition coefficient (Wildman–Crippen LogP) is 1.62. The topological polar surface area (TPSA) is 66.8 Å². The van der Waals surface area contributed by atoms with Crippen molar-refractivity contribution in [2.75, 3.05) is 26.3 Å². The summed E-state index contributed by atoms with van der Waals surface area (Å²) in [7, 11) is 0. The van der Waals surface area contributed by atoms with Crippen molar-refractivity contribution in [1.29, 1.82) is 0 Å². The minimum Gasteiger partial charge on any atom is -0.481 e. The lowest BCUT2D eigenvalue weighted by Gasteiger charge is -2.33. The maximum Gasteiger partial charge on any atom is 0.311 e. The van der Waals surface area contributed by atoms with E-state index in [1.165, 1.54) is 0 Å². The first-order chi connectivity index (χ1) is 9.64. The summed E-state index contributed by atoms with van der Waals surface area (Å²) in [5.41, 5.74) is -0.813. The Balaban J connectivity index is 1.81. The van der Waals surface area contributed by atoms with Gasteiger partial charge >= 0.3 is 5.97 Å². The van der Waals surface area contributed by atoms with Crippen LogP contribution in [0.4, 0.5) is 0 Å². The summed E-state index contributed by atoms with van der Waals surface area (Å²) in [5.74, 6) is -0.727. The Hall–Kier alpha value is -1.10. The molecular formula is C16H25NO4. The SMILES string of the molecule is CC1(C)C(C(=O)N2C[C@H]3COCC[C@@]3(C(=O)O)C2)C1(C)C. The number of carboxylic acids is 1. The highest BCUT2D eigenvalue weighted by Gasteiger charge is 2.70. The molecule has 1 amide bonds. The van der Waals surface area contributed by atoms with Crippen LogP contribution in [-0.4, -0.2) is 48.2 Å². The molecule has 3 aliphatic rings. The maximum absolute atomic E-state index is 12.8. The highest BCUT2D eigenvalue weighted by atomic mass is 16.5. The number of hydrogen-bond donors (Lipinski definition) is 1. The van der Waals surface area contributed by atoms with Gasteiger partial charge in [0.05, 0.1) is 12.0 Å². The molecular weight excluding hydrogens is 270 g/mol. The van der Waals surface area contributed by atoms with Gasteiger partial charge in [0.1, 0.15) is 0 Å². The van der Waals surface area contributed by atoms with Crippen molar-refractivity contribution < 1.29 is 19.4 Å². The highest BCUT2D eigenvalue weighted by molar-refractivity contribution is 5.86. The average molecular weight is 295 g/mol. The minimum absolute atomic E-state index is 0.00286. The summed E-state index contributed by atoms with van der Waals surface area (Å²) in [4.78, 5) is 26.4. The van der Waals surface area contributed by atoms with Crippen molar-refractivity contribution in [1.82, 2.24) is 4.90 Å². The van der Waals surface area contributed by atoms with Gasteiger partial charge in [-0.2, -0.15) is 0 Å². The number of carboxylic acid groups (broad SMARTS) is 1. The molecule has 118 valence electrons. The smallest absolute Gasteiger partial charge is 0.311 e. The molecule has 3 fully saturated rings. The van der Waals surface area contributed by atoms with Crippen molar-refractivity contribution in [2.24, 2.45) is 28.1 Å². The van der Waals surface area contributed by atoms with Crippen molar-refractivity contribution in [3.05, 3.63) is 0 Å². The Kier molecular flexibility index (Phi) is 2.98. The quantitative estimate of drug-likeness (QED) is 0.840. The molecule has 0 radical (unpaired) electrons. The second-order valence-electron chi connectivity index (χ2n) is 8.08. The monoisotopic (exact) mass is 295 g/mol. The summed E-state index contributed by atoms with van der Waals surface area (Å²) in [6.07, 6.45) is 0.508. The number of carbonyl (C=O) groups excluding carboxylic acids is 1. The molecule has 0 unspecified atom stereocenters. The number of amides is 1. The Morgan fingerprint density at radius 3 is 2.29 bits per heavy atom. The van der Waals surface area contributed by atoms with E-state index in [1.54, 1.807) is 4.90 Å². The number of carbonyl (C=O) groups is 2. The lowest BCUT2D eigenvalue weighted by atomic mass is 9.74. The first kappa shape index (κ1) is 14.8. The van der Waals surface area contributed by atoms with Crippen LogP contribution in [0.15, 0.2) is 0 Å². The molecule has 2 heterocycles. The summed E-state index contributed by atoms with van der Waals surface area (Å²) in [6, 6.07) is 0. The molecule has 0 bridgehead atoms. The minimum atomic E-state index is -0.795. The van der Waals surface area contributed by atoms with E-state index in [2.05, 4.69) is 27.7 Å². The lowest BCUT2D eigenvalue weighted by molar-refractivity contribution is -0.157. The molecule has 5 nitrogen and oxygen atoms in total. The second-order valence-corrected chi connectivity index (χ2v) is 8.08. The molecule has 3 rings (SSSR count). The van der Waals surface area contributed by atoms with Crippen molar-refractivity contribution in [2.45, 2.75) is 34.1 Å². The van der Waals surface area contributed by atoms with Gasteiger partial charge in [-0.1, -0.05) is 27.7 Å². The number of rotatable bonds is 2. The van der Waals surface area contributed by atoms with Crippen LogP contribution in [0.2, 0.25) is 0 Å². The Morgan fingerprint density at radius 1 is 1.19 bits per heavy atom. The van der Waals surface area contributed by atoms with Gasteiger partial charge in [-0.25, -0.2) is 0 Å². The zero-order chi connectivity index (χ0) is 15.6. The molecule has 21 heavy (non-hydrogen) atoms. The van der Waals surface area contributed by atoms with E-state index in [0.29, 0.717) is 32.7 Å². The molecule has 2 atom stereocenters. The van der Waals surface area contributed by atoms with Gasteiger partial charge < -0.3 is 14.7 Å². The molecule has 0 aromatic heterocycles. The molecule has 0 aromatic rings. The van der Waals surface area contributed by atoms with Crippen LogP contribution in [0, 0.1) is 28.1 Å². The van der Waals surface area contributed by atoms with Crippen LogP contribution < -0.4 is 0 Å². The Bertz CT molecular complexity index is 485. The first-order valence-electron chi connectivity index (χ1n) is 7.74. The van der Waals surface area contributed by atoms with E-state index in [4.69, 9.17) is 4.74 Å². The number of ether oxygens (including phenoxy) is 1. The molecule has 2 saturated heterocycles. The van der Waals surface area contributed by atoms with Crippen molar-refractivity contribution in [3.63, 3.8) is 0 Å². The van der Waals surface area contributed by atoms with Crippen LogP contribution in [0.5, 0.6) is 0 Å². The van der Waals surface area contributed by atoms with E-state index >= 15 is 0 Å². The molecule has 1 saturated carbocycles. The fraction of sp³-hybridized carbons (Fsp3) is 0.875. The van der Waals surface area contributed by atoms with Gasteiger partial charge in [0, 0.05) is 31.5 Å². The van der Waals surface area contributed by atoms with Gasteiger partial charge in [-0.15, -0.1) is 0 Å². The lowest BCUT2D eigenvalue weighted by Crippen LogP contribution is -2.45. The highest BCUT2D eigenvalue weighted by Crippen LogP contribution is 2.69. The second kappa shape index (κ2) is 4.22. The van der Waals surface area contributed by atoms with E-state index in [0.717, 1.165) is 0 Å². The van der Waals surface area contributed by atoms with Gasteiger partial charge in [0.25, 0.3) is 0 Å². The predicted molar refractivity (Wildman–Crippen MR) is 76.6 cm³/mol. The van der Waals surface area contributed by atoms with Crippen LogP contribution in [0.25, 0.3) is 0 Å². The van der Waals surface area contributed by atoms with Gasteiger partial charge in [-0.3, -0.25) is 9.59 Å². The largest absolute Gasteiger partial charge is 0.481 e. The molecule has 5 heteroatoms. The molecule has 2 aliphatic heterocycles. The number of nitrogens with zero attached hydrogens (tertiary/aromatic N) is 1. The van der Waals surface area contributed by atoms with E-state index < -0.39 is 11.4 Å². The summed E-state index contributed by atoms with van der Waals surface area (Å²) in [6.45, 7) is 10.3. The summed E-state index contributed by atoms with van der Waals surface area (Å²) in [5, 5.41) is 9.66. The van der Waals surface area contributed by atoms with Crippen LogP contribution in [0.1, 0.15) is 34.1 Å². The van der Waals surface area contributed by atoms with Gasteiger partial charge in [0.2, 0.25) is 5.91 Å². The van der Waals surface area contributed by atoms with Crippen LogP contribution >= 0.6 is 0 Å². The number of hydrogen-bond acceptors (Lipinski definition) is 3.